The van der Waals surface area contributed by atoms with Crippen molar-refractivity contribution < 1.29 is 14.2 Å². The van der Waals surface area contributed by atoms with Gasteiger partial charge in [-0.25, -0.2) is 4.98 Å². The van der Waals surface area contributed by atoms with E-state index in [9.17, 15) is 0 Å². The molecule has 0 bridgehead atoms. The van der Waals surface area contributed by atoms with Crippen LogP contribution in [0.3, 0.4) is 0 Å². The molecule has 1 aliphatic rings. The second kappa shape index (κ2) is 6.01. The first kappa shape index (κ1) is 13.7. The summed E-state index contributed by atoms with van der Waals surface area (Å²) in [5.41, 5.74) is 3.18. The summed E-state index contributed by atoms with van der Waals surface area (Å²) in [6, 6.07) is 9.73. The number of pyridine rings is 1. The first-order valence-corrected chi connectivity index (χ1v) is 6.88. The van der Waals surface area contributed by atoms with Crippen LogP contribution in [0.15, 0.2) is 30.3 Å². The maximum atomic E-state index is 5.74. The van der Waals surface area contributed by atoms with Gasteiger partial charge in [0.25, 0.3) is 0 Å². The molecule has 0 aliphatic carbocycles. The lowest BCUT2D eigenvalue weighted by molar-refractivity contribution is 0.174. The van der Waals surface area contributed by atoms with Crippen LogP contribution < -0.4 is 19.5 Å². The van der Waals surface area contributed by atoms with Crippen molar-refractivity contribution in [2.75, 3.05) is 13.8 Å². The van der Waals surface area contributed by atoms with E-state index in [2.05, 4.69) is 10.3 Å². The molecule has 0 spiro atoms. The molecule has 0 amide bonds. The number of fused-ring (bicyclic) bond motifs is 1. The van der Waals surface area contributed by atoms with Crippen LogP contribution in [0.5, 0.6) is 17.4 Å². The summed E-state index contributed by atoms with van der Waals surface area (Å²) >= 11 is 0. The van der Waals surface area contributed by atoms with Crippen molar-refractivity contribution in [2.45, 2.75) is 20.1 Å². The molecular formula is C16H18N2O3. The summed E-state index contributed by atoms with van der Waals surface area (Å²) in [6.45, 7) is 3.53. The summed E-state index contributed by atoms with van der Waals surface area (Å²) in [5, 5.41) is 3.12. The third-order valence-corrected chi connectivity index (χ3v) is 3.36. The van der Waals surface area contributed by atoms with Crippen molar-refractivity contribution in [3.8, 4) is 17.4 Å². The van der Waals surface area contributed by atoms with Gasteiger partial charge in [0.05, 0.1) is 0 Å². The Morgan fingerprint density at radius 2 is 2.05 bits per heavy atom. The van der Waals surface area contributed by atoms with Gasteiger partial charge in [-0.15, -0.1) is 0 Å². The van der Waals surface area contributed by atoms with E-state index >= 15 is 0 Å². The molecule has 0 fully saturated rings. The summed E-state index contributed by atoms with van der Waals surface area (Å²) in [7, 11) is 1.92. The topological polar surface area (TPSA) is 52.6 Å². The van der Waals surface area contributed by atoms with Gasteiger partial charge in [-0.05, 0) is 37.2 Å². The Hall–Kier alpha value is -2.27. The molecule has 0 unspecified atom stereocenters. The van der Waals surface area contributed by atoms with Crippen LogP contribution in [0.4, 0.5) is 0 Å². The van der Waals surface area contributed by atoms with E-state index in [0.717, 1.165) is 29.3 Å². The highest BCUT2D eigenvalue weighted by Gasteiger charge is 2.13. The van der Waals surface area contributed by atoms with Gasteiger partial charge >= 0.3 is 0 Å². The van der Waals surface area contributed by atoms with Crippen LogP contribution >= 0.6 is 0 Å². The fourth-order valence-corrected chi connectivity index (χ4v) is 2.21. The SMILES string of the molecule is CNCc1ccc(OCc2ccc3c(c2)OCO3)nc1C. The van der Waals surface area contributed by atoms with Gasteiger partial charge < -0.3 is 19.5 Å². The summed E-state index contributed by atoms with van der Waals surface area (Å²) in [6.07, 6.45) is 0. The number of ether oxygens (including phenoxy) is 3. The minimum Gasteiger partial charge on any atom is -0.473 e. The van der Waals surface area contributed by atoms with Gasteiger partial charge in [-0.3, -0.25) is 0 Å². The third kappa shape index (κ3) is 3.08. The zero-order valence-corrected chi connectivity index (χ0v) is 12.2. The molecule has 5 heteroatoms. The van der Waals surface area contributed by atoms with Crippen LogP contribution in [-0.2, 0) is 13.2 Å². The molecule has 1 N–H and O–H groups in total. The lowest BCUT2D eigenvalue weighted by Gasteiger charge is -2.09. The third-order valence-electron chi connectivity index (χ3n) is 3.36. The molecule has 0 radical (unpaired) electrons. The highest BCUT2D eigenvalue weighted by atomic mass is 16.7. The van der Waals surface area contributed by atoms with Crippen LogP contribution in [0, 0.1) is 6.92 Å². The van der Waals surface area contributed by atoms with Crippen molar-refractivity contribution >= 4 is 0 Å². The van der Waals surface area contributed by atoms with E-state index in [4.69, 9.17) is 14.2 Å². The van der Waals surface area contributed by atoms with Crippen molar-refractivity contribution in [2.24, 2.45) is 0 Å². The van der Waals surface area contributed by atoms with Gasteiger partial charge in [0.2, 0.25) is 12.7 Å². The summed E-state index contributed by atoms with van der Waals surface area (Å²) in [5.74, 6) is 2.18. The Kier molecular flexibility index (Phi) is 3.92. The van der Waals surface area contributed by atoms with E-state index in [1.54, 1.807) is 0 Å². The van der Waals surface area contributed by atoms with Gasteiger partial charge in [-0.2, -0.15) is 0 Å². The first-order valence-electron chi connectivity index (χ1n) is 6.88. The second-order valence-corrected chi connectivity index (χ2v) is 4.90. The maximum Gasteiger partial charge on any atom is 0.231 e. The molecule has 0 saturated carbocycles. The van der Waals surface area contributed by atoms with Crippen molar-refractivity contribution in [3.63, 3.8) is 0 Å². The molecule has 5 nitrogen and oxygen atoms in total. The first-order chi connectivity index (χ1) is 10.3. The van der Waals surface area contributed by atoms with Gasteiger partial charge in [-0.1, -0.05) is 12.1 Å². The zero-order valence-electron chi connectivity index (χ0n) is 12.2. The van der Waals surface area contributed by atoms with Crippen LogP contribution in [0.25, 0.3) is 0 Å². The lowest BCUT2D eigenvalue weighted by Crippen LogP contribution is -2.08. The molecule has 21 heavy (non-hydrogen) atoms. The molecular weight excluding hydrogens is 268 g/mol. The van der Waals surface area contributed by atoms with Crippen LogP contribution in [0.1, 0.15) is 16.8 Å². The largest absolute Gasteiger partial charge is 0.473 e. The second-order valence-electron chi connectivity index (χ2n) is 4.90. The van der Waals surface area contributed by atoms with Crippen LogP contribution in [0.2, 0.25) is 0 Å². The minimum absolute atomic E-state index is 0.285. The van der Waals surface area contributed by atoms with E-state index < -0.39 is 0 Å². The molecule has 2 aromatic rings. The molecule has 0 saturated heterocycles. The molecule has 3 rings (SSSR count). The average molecular weight is 286 g/mol. The fourth-order valence-electron chi connectivity index (χ4n) is 2.21. The molecule has 110 valence electrons. The van der Waals surface area contributed by atoms with Gasteiger partial charge in [0, 0.05) is 18.3 Å². The molecule has 1 aromatic carbocycles. The van der Waals surface area contributed by atoms with Crippen LogP contribution in [-0.4, -0.2) is 18.8 Å². The van der Waals surface area contributed by atoms with E-state index in [1.165, 1.54) is 5.56 Å². The zero-order chi connectivity index (χ0) is 14.7. The summed E-state index contributed by atoms with van der Waals surface area (Å²) in [4.78, 5) is 4.46. The standard InChI is InChI=1S/C16H18N2O3/c1-11-13(8-17-2)4-6-16(18-11)19-9-12-3-5-14-15(7-12)21-10-20-14/h3-7,17H,8-10H2,1-2H3. The van der Waals surface area contributed by atoms with Crippen molar-refractivity contribution in [1.29, 1.82) is 0 Å². The van der Waals surface area contributed by atoms with E-state index in [0.29, 0.717) is 12.5 Å². The summed E-state index contributed by atoms with van der Waals surface area (Å²) < 4.78 is 16.4. The lowest BCUT2D eigenvalue weighted by atomic mass is 10.2. The number of nitrogens with one attached hydrogen (secondary N) is 1. The van der Waals surface area contributed by atoms with E-state index in [1.807, 2.05) is 44.3 Å². The number of aromatic nitrogens is 1. The Labute approximate surface area is 123 Å². The molecule has 0 atom stereocenters. The monoisotopic (exact) mass is 286 g/mol. The minimum atomic E-state index is 0.285. The molecule has 2 heterocycles. The predicted molar refractivity (Wildman–Crippen MR) is 78.6 cm³/mol. The van der Waals surface area contributed by atoms with Gasteiger partial charge in [0.15, 0.2) is 11.5 Å². The quantitative estimate of drug-likeness (QED) is 0.915. The number of hydrogen-bond donors (Lipinski definition) is 1. The Balaban J connectivity index is 1.66. The Morgan fingerprint density at radius 3 is 2.86 bits per heavy atom. The normalized spacial score (nSPS) is 12.5. The van der Waals surface area contributed by atoms with Crippen molar-refractivity contribution in [1.82, 2.24) is 10.3 Å². The van der Waals surface area contributed by atoms with Crippen molar-refractivity contribution in [3.05, 3.63) is 47.2 Å². The number of benzene rings is 1. The van der Waals surface area contributed by atoms with Gasteiger partial charge in [0.1, 0.15) is 6.61 Å². The molecule has 1 aliphatic heterocycles. The number of nitrogens with zero attached hydrogens (tertiary/aromatic N) is 1. The highest BCUT2D eigenvalue weighted by molar-refractivity contribution is 5.44. The Bertz CT molecular complexity index is 643. The maximum absolute atomic E-state index is 5.74. The Morgan fingerprint density at radius 1 is 1.19 bits per heavy atom. The molecule has 1 aromatic heterocycles. The fraction of sp³-hybridized carbons (Fsp3) is 0.312. The highest BCUT2D eigenvalue weighted by Crippen LogP contribution is 2.32. The average Bonchev–Trinajstić information content (AvgIpc) is 2.95. The number of rotatable bonds is 5. The van der Waals surface area contributed by atoms with E-state index in [-0.39, 0.29) is 6.79 Å². The number of hydrogen-bond acceptors (Lipinski definition) is 5. The predicted octanol–water partition coefficient (Wildman–Crippen LogP) is 2.42. The number of aryl methyl sites for hydroxylation is 1. The smallest absolute Gasteiger partial charge is 0.231 e.